The summed E-state index contributed by atoms with van der Waals surface area (Å²) in [7, 11) is 1.76. The average Bonchev–Trinajstić information content (AvgIpc) is 3.70. The first kappa shape index (κ1) is 36.6. The van der Waals surface area contributed by atoms with E-state index in [9.17, 15) is 19.2 Å². The molecule has 47 heavy (non-hydrogen) atoms. The van der Waals surface area contributed by atoms with Gasteiger partial charge in [-0.05, 0) is 107 Å². The Morgan fingerprint density at radius 3 is 2.23 bits per heavy atom. The van der Waals surface area contributed by atoms with Crippen molar-refractivity contribution in [2.75, 3.05) is 25.5 Å². The van der Waals surface area contributed by atoms with Crippen molar-refractivity contribution in [1.29, 1.82) is 0 Å². The van der Waals surface area contributed by atoms with E-state index < -0.39 is 17.5 Å². The molecule has 4 amide bonds. The van der Waals surface area contributed by atoms with E-state index in [0.29, 0.717) is 18.5 Å². The summed E-state index contributed by atoms with van der Waals surface area (Å²) in [5, 5.41) is 6.21. The van der Waals surface area contributed by atoms with Crippen LogP contribution in [0.25, 0.3) is 0 Å². The highest BCUT2D eigenvalue weighted by Gasteiger charge is 2.40. The van der Waals surface area contributed by atoms with Gasteiger partial charge in [-0.3, -0.25) is 24.1 Å². The van der Waals surface area contributed by atoms with Gasteiger partial charge in [0.1, 0.15) is 12.1 Å². The number of likely N-dealkylation sites (tertiary alicyclic amines) is 2. The molecule has 3 aliphatic rings. The number of nitrogens with zero attached hydrogens (tertiary/aromatic N) is 3. The van der Waals surface area contributed by atoms with Crippen LogP contribution in [0.15, 0.2) is 29.8 Å². The van der Waals surface area contributed by atoms with Gasteiger partial charge < -0.3 is 20.4 Å². The quantitative estimate of drug-likeness (QED) is 0.334. The zero-order chi connectivity index (χ0) is 34.6. The Hall–Kier alpha value is -3.20. The molecule has 2 saturated heterocycles. The molecule has 0 spiro atoms. The number of fused-ring (bicyclic) bond motifs is 1. The van der Waals surface area contributed by atoms with Crippen LogP contribution in [0.3, 0.4) is 0 Å². The molecular weight excluding hydrogens is 590 g/mol. The molecule has 1 aromatic rings. The minimum absolute atomic E-state index is 0.00952. The van der Waals surface area contributed by atoms with Gasteiger partial charge in [0.15, 0.2) is 0 Å². The number of carbonyl (C=O) groups is 4. The lowest BCUT2D eigenvalue weighted by atomic mass is 9.84. The molecular formula is C38H59N5O4. The molecule has 260 valence electrons. The fourth-order valence-corrected chi connectivity index (χ4v) is 7.55. The predicted octanol–water partition coefficient (Wildman–Crippen LogP) is 5.33. The van der Waals surface area contributed by atoms with Crippen LogP contribution in [0.2, 0.25) is 0 Å². The Balaban J connectivity index is 1.47. The Morgan fingerprint density at radius 1 is 0.894 bits per heavy atom. The van der Waals surface area contributed by atoms with E-state index in [-0.39, 0.29) is 47.7 Å². The normalized spacial score (nSPS) is 21.9. The number of hydrogen-bond acceptors (Lipinski definition) is 5. The van der Waals surface area contributed by atoms with Crippen molar-refractivity contribution in [3.8, 4) is 0 Å². The maximum Gasteiger partial charge on any atom is 0.249 e. The van der Waals surface area contributed by atoms with E-state index in [1.165, 1.54) is 11.1 Å². The molecule has 9 heteroatoms. The van der Waals surface area contributed by atoms with Gasteiger partial charge in [-0.25, -0.2) is 0 Å². The van der Waals surface area contributed by atoms with Gasteiger partial charge in [0, 0.05) is 30.9 Å². The third-order valence-corrected chi connectivity index (χ3v) is 10.3. The number of aryl methyl sites for hydroxylation is 2. The summed E-state index contributed by atoms with van der Waals surface area (Å²) in [6, 6.07) is 4.46. The number of hydrogen-bond donors (Lipinski definition) is 2. The summed E-state index contributed by atoms with van der Waals surface area (Å²) < 4.78 is 0. The summed E-state index contributed by atoms with van der Waals surface area (Å²) in [6.45, 7) is 17.4. The Labute approximate surface area is 282 Å². The molecule has 1 unspecified atom stereocenters. The van der Waals surface area contributed by atoms with Crippen molar-refractivity contribution in [2.24, 2.45) is 11.3 Å². The summed E-state index contributed by atoms with van der Waals surface area (Å²) >= 11 is 0. The Morgan fingerprint density at radius 2 is 1.57 bits per heavy atom. The molecule has 2 fully saturated rings. The molecule has 1 aliphatic carbocycles. The van der Waals surface area contributed by atoms with Crippen molar-refractivity contribution in [2.45, 2.75) is 137 Å². The smallest absolute Gasteiger partial charge is 0.249 e. The van der Waals surface area contributed by atoms with E-state index >= 15 is 0 Å². The van der Waals surface area contributed by atoms with Gasteiger partial charge in [0.2, 0.25) is 23.6 Å². The van der Waals surface area contributed by atoms with Crippen LogP contribution in [0.1, 0.15) is 105 Å². The third-order valence-electron chi connectivity index (χ3n) is 10.3. The lowest BCUT2D eigenvalue weighted by Gasteiger charge is -2.41. The van der Waals surface area contributed by atoms with E-state index in [0.717, 1.165) is 57.2 Å². The average molecular weight is 650 g/mol. The van der Waals surface area contributed by atoms with E-state index in [4.69, 9.17) is 0 Å². The van der Waals surface area contributed by atoms with Crippen molar-refractivity contribution < 1.29 is 19.2 Å². The lowest BCUT2D eigenvalue weighted by molar-refractivity contribution is -0.142. The zero-order valence-electron chi connectivity index (χ0n) is 30.3. The summed E-state index contributed by atoms with van der Waals surface area (Å²) in [5.41, 5.74) is 3.40. The molecule has 9 nitrogen and oxygen atoms in total. The SMILES string of the molecule is C/C(=C\[C@H](C(C)C)N(C)C(=O)[C@@H](NC(=O)C1CCCCN1C(C)C)C(C)(C)C)C(=O)N1CCC[C@H]1C(=O)Nc1ccc2c(c1)CCC2. The number of carbonyl (C=O) groups excluding carboxylic acids is 4. The highest BCUT2D eigenvalue weighted by molar-refractivity contribution is 6.01. The molecule has 2 aliphatic heterocycles. The highest BCUT2D eigenvalue weighted by atomic mass is 16.2. The van der Waals surface area contributed by atoms with Gasteiger partial charge >= 0.3 is 0 Å². The van der Waals surface area contributed by atoms with Gasteiger partial charge in [-0.1, -0.05) is 53.2 Å². The van der Waals surface area contributed by atoms with Crippen molar-refractivity contribution in [3.05, 3.63) is 41.0 Å². The van der Waals surface area contributed by atoms with Crippen LogP contribution < -0.4 is 10.6 Å². The summed E-state index contributed by atoms with van der Waals surface area (Å²) in [4.78, 5) is 60.6. The predicted molar refractivity (Wildman–Crippen MR) is 188 cm³/mol. The molecule has 1 aromatic carbocycles. The fourth-order valence-electron chi connectivity index (χ4n) is 7.55. The van der Waals surface area contributed by atoms with Crippen LogP contribution in [0.5, 0.6) is 0 Å². The van der Waals surface area contributed by atoms with Gasteiger partial charge in [0.05, 0.1) is 12.1 Å². The van der Waals surface area contributed by atoms with Crippen molar-refractivity contribution in [3.63, 3.8) is 0 Å². The van der Waals surface area contributed by atoms with Crippen LogP contribution in [0.4, 0.5) is 5.69 Å². The first-order chi connectivity index (χ1) is 22.1. The second kappa shape index (κ2) is 15.3. The maximum atomic E-state index is 14.2. The minimum Gasteiger partial charge on any atom is -0.342 e. The third kappa shape index (κ3) is 8.64. The molecule has 4 atom stereocenters. The molecule has 4 rings (SSSR count). The van der Waals surface area contributed by atoms with E-state index in [1.54, 1.807) is 23.8 Å². The number of anilines is 1. The Kier molecular flexibility index (Phi) is 12.0. The molecule has 2 heterocycles. The van der Waals surface area contributed by atoms with Crippen LogP contribution >= 0.6 is 0 Å². The fraction of sp³-hybridized carbons (Fsp3) is 0.684. The van der Waals surface area contributed by atoms with Gasteiger partial charge in [0.25, 0.3) is 0 Å². The summed E-state index contributed by atoms with van der Waals surface area (Å²) in [6.07, 6.45) is 9.35. The number of amides is 4. The van der Waals surface area contributed by atoms with Crippen LogP contribution in [-0.2, 0) is 32.0 Å². The number of rotatable bonds is 10. The number of piperidine rings is 1. The largest absolute Gasteiger partial charge is 0.342 e. The van der Waals surface area contributed by atoms with Gasteiger partial charge in [-0.2, -0.15) is 0 Å². The van der Waals surface area contributed by atoms with Gasteiger partial charge in [-0.15, -0.1) is 0 Å². The minimum atomic E-state index is -0.729. The van der Waals surface area contributed by atoms with Crippen molar-refractivity contribution >= 4 is 29.3 Å². The number of likely N-dealkylation sites (N-methyl/N-ethyl adjacent to an activating group) is 1. The first-order valence-corrected chi connectivity index (χ1v) is 17.8. The number of benzene rings is 1. The standard InChI is InChI=1S/C38H59N5O4/c1-24(2)32(41(9)37(47)33(38(6,7)8)40-35(45)30-16-10-11-20-42(30)25(3)4)22-26(5)36(46)43-21-13-17-31(43)34(44)39-29-19-18-27-14-12-15-28(27)23-29/h18-19,22-25,30-33H,10-17,20-21H2,1-9H3,(H,39,44)(H,40,45)/b26-22+/t30?,31-,32+,33+/m0/s1. The molecule has 2 N–H and O–H groups in total. The Bertz CT molecular complexity index is 1350. The monoisotopic (exact) mass is 649 g/mol. The second-order valence-corrected chi connectivity index (χ2v) is 15.7. The summed E-state index contributed by atoms with van der Waals surface area (Å²) in [5.74, 6) is -0.612. The molecule has 0 bridgehead atoms. The first-order valence-electron chi connectivity index (χ1n) is 17.8. The lowest BCUT2D eigenvalue weighted by Crippen LogP contribution is -2.60. The maximum absolute atomic E-state index is 14.2. The molecule has 0 saturated carbocycles. The zero-order valence-corrected chi connectivity index (χ0v) is 30.3. The molecule has 0 radical (unpaired) electrons. The van der Waals surface area contributed by atoms with Crippen LogP contribution in [-0.4, -0.2) is 88.7 Å². The molecule has 0 aromatic heterocycles. The van der Waals surface area contributed by atoms with Crippen LogP contribution in [0, 0.1) is 11.3 Å². The van der Waals surface area contributed by atoms with E-state index in [1.807, 2.05) is 46.8 Å². The number of nitrogens with one attached hydrogen (secondary N) is 2. The second-order valence-electron chi connectivity index (χ2n) is 15.7. The van der Waals surface area contributed by atoms with E-state index in [2.05, 4.69) is 41.5 Å². The van der Waals surface area contributed by atoms with Crippen molar-refractivity contribution in [1.82, 2.24) is 20.0 Å². The highest BCUT2D eigenvalue weighted by Crippen LogP contribution is 2.28. The topological polar surface area (TPSA) is 102 Å².